The summed E-state index contributed by atoms with van der Waals surface area (Å²) in [6.07, 6.45) is 7.03. The summed E-state index contributed by atoms with van der Waals surface area (Å²) in [5.41, 5.74) is 6.53. The number of imidazole rings is 1. The van der Waals surface area contributed by atoms with E-state index in [-0.39, 0.29) is 18.4 Å². The maximum absolute atomic E-state index is 13.0. The molecule has 1 aromatic carbocycles. The maximum atomic E-state index is 13.0. The molecule has 9 heteroatoms. The molecule has 0 saturated carbocycles. The second-order valence-corrected chi connectivity index (χ2v) is 9.15. The van der Waals surface area contributed by atoms with Crippen molar-refractivity contribution in [2.45, 2.75) is 33.2 Å². The molecule has 1 aliphatic heterocycles. The highest BCUT2D eigenvalue weighted by Crippen LogP contribution is 2.31. The zero-order valence-electron chi connectivity index (χ0n) is 20.1. The van der Waals surface area contributed by atoms with Gasteiger partial charge in [0.05, 0.1) is 11.7 Å². The lowest BCUT2D eigenvalue weighted by Gasteiger charge is -2.30. The number of likely N-dealkylation sites (tertiary alicyclic amines) is 1. The molecule has 0 spiro atoms. The highest BCUT2D eigenvalue weighted by molar-refractivity contribution is 5.96. The van der Waals surface area contributed by atoms with Crippen LogP contribution in [0.1, 0.15) is 41.4 Å². The minimum absolute atomic E-state index is 0.0696. The summed E-state index contributed by atoms with van der Waals surface area (Å²) in [6, 6.07) is 6.18. The lowest BCUT2D eigenvalue weighted by molar-refractivity contribution is 0.0646. The van der Waals surface area contributed by atoms with Crippen LogP contribution in [0.25, 0.3) is 33.5 Å². The van der Waals surface area contributed by atoms with Crippen LogP contribution >= 0.6 is 0 Å². The van der Waals surface area contributed by atoms with Crippen LogP contribution in [0.3, 0.4) is 0 Å². The number of hydrogen-bond donors (Lipinski definition) is 4. The lowest BCUT2D eigenvalue weighted by atomic mass is 9.98. The van der Waals surface area contributed by atoms with Crippen LogP contribution < -0.4 is 5.32 Å². The number of H-pyrrole nitrogens is 2. The Balaban J connectivity index is 1.43. The lowest BCUT2D eigenvalue weighted by Crippen LogP contribution is -2.39. The van der Waals surface area contributed by atoms with Gasteiger partial charge in [0, 0.05) is 49.6 Å². The highest BCUT2D eigenvalue weighted by atomic mass is 16.3. The van der Waals surface area contributed by atoms with Crippen molar-refractivity contribution in [1.29, 1.82) is 0 Å². The summed E-state index contributed by atoms with van der Waals surface area (Å²) in [4.78, 5) is 26.9. The van der Waals surface area contributed by atoms with Crippen molar-refractivity contribution in [2.75, 3.05) is 26.2 Å². The summed E-state index contributed by atoms with van der Waals surface area (Å²) < 4.78 is 0. The molecule has 9 nitrogen and oxygen atoms in total. The van der Waals surface area contributed by atoms with Crippen LogP contribution in [-0.4, -0.2) is 67.3 Å². The zero-order valence-corrected chi connectivity index (χ0v) is 20.1. The number of carbonyl (C=O) groups excluding carboxylic acids is 1. The SMILES string of the molecule is CCNCc1cncc(-c2ccc3[nH]nc(-c4ncc(C(=O)N5CCC(CO)CC5)[nH]4)c3c2)c1C. The predicted molar refractivity (Wildman–Crippen MR) is 135 cm³/mol. The van der Waals surface area contributed by atoms with Gasteiger partial charge in [-0.25, -0.2) is 4.98 Å². The number of aromatic nitrogens is 5. The Morgan fingerprint density at radius 2 is 2.06 bits per heavy atom. The van der Waals surface area contributed by atoms with Crippen LogP contribution in [0.2, 0.25) is 0 Å². The minimum atomic E-state index is -0.0696. The first-order valence-electron chi connectivity index (χ1n) is 12.2. The third-order valence-corrected chi connectivity index (χ3v) is 6.95. The molecule has 1 fully saturated rings. The van der Waals surface area contributed by atoms with Gasteiger partial charge in [-0.2, -0.15) is 5.10 Å². The maximum Gasteiger partial charge on any atom is 0.271 e. The number of nitrogens with zero attached hydrogens (tertiary/aromatic N) is 4. The van der Waals surface area contributed by atoms with Crippen molar-refractivity contribution in [3.05, 3.63) is 53.6 Å². The Morgan fingerprint density at radius 1 is 1.23 bits per heavy atom. The summed E-state index contributed by atoms with van der Waals surface area (Å²) in [6.45, 7) is 7.37. The van der Waals surface area contributed by atoms with Crippen LogP contribution in [0, 0.1) is 12.8 Å². The molecule has 0 radical (unpaired) electrons. The Labute approximate surface area is 204 Å². The van der Waals surface area contributed by atoms with E-state index in [9.17, 15) is 9.90 Å². The highest BCUT2D eigenvalue weighted by Gasteiger charge is 2.25. The fourth-order valence-corrected chi connectivity index (χ4v) is 4.70. The average molecular weight is 474 g/mol. The van der Waals surface area contributed by atoms with Gasteiger partial charge in [0.15, 0.2) is 5.82 Å². The molecule has 1 amide bonds. The van der Waals surface area contributed by atoms with E-state index in [1.807, 2.05) is 23.4 Å². The van der Waals surface area contributed by atoms with Crippen molar-refractivity contribution >= 4 is 16.8 Å². The van der Waals surface area contributed by atoms with Gasteiger partial charge >= 0.3 is 0 Å². The quantitative estimate of drug-likeness (QED) is 0.327. The van der Waals surface area contributed by atoms with Gasteiger partial charge in [0.2, 0.25) is 0 Å². The molecular formula is C26H31N7O2. The van der Waals surface area contributed by atoms with Gasteiger partial charge in [-0.3, -0.25) is 14.9 Å². The Bertz CT molecular complexity index is 1330. The van der Waals surface area contributed by atoms with E-state index < -0.39 is 0 Å². The number of hydrogen-bond acceptors (Lipinski definition) is 6. The van der Waals surface area contributed by atoms with Crippen molar-refractivity contribution in [2.24, 2.45) is 5.92 Å². The Kier molecular flexibility index (Phi) is 6.61. The molecule has 4 aromatic rings. The summed E-state index contributed by atoms with van der Waals surface area (Å²) in [5, 5.41) is 21.2. The fraction of sp³-hybridized carbons (Fsp3) is 0.385. The van der Waals surface area contributed by atoms with Crippen molar-refractivity contribution < 1.29 is 9.90 Å². The molecule has 1 saturated heterocycles. The molecule has 4 heterocycles. The fourth-order valence-electron chi connectivity index (χ4n) is 4.70. The van der Waals surface area contributed by atoms with E-state index in [1.165, 1.54) is 11.1 Å². The Hall–Kier alpha value is -3.56. The first kappa shape index (κ1) is 23.2. The van der Waals surface area contributed by atoms with Crippen molar-refractivity contribution in [3.8, 4) is 22.6 Å². The molecule has 182 valence electrons. The van der Waals surface area contributed by atoms with E-state index in [1.54, 1.807) is 6.20 Å². The smallest absolute Gasteiger partial charge is 0.271 e. The van der Waals surface area contributed by atoms with Crippen LogP contribution in [0.5, 0.6) is 0 Å². The van der Waals surface area contributed by atoms with Gasteiger partial charge in [-0.05, 0) is 61.1 Å². The van der Waals surface area contributed by atoms with E-state index in [4.69, 9.17) is 0 Å². The van der Waals surface area contributed by atoms with Crippen LogP contribution in [0.15, 0.2) is 36.8 Å². The number of aliphatic hydroxyl groups is 1. The predicted octanol–water partition coefficient (Wildman–Crippen LogP) is 3.28. The van der Waals surface area contributed by atoms with Gasteiger partial charge in [-0.15, -0.1) is 0 Å². The molecule has 1 aliphatic rings. The topological polar surface area (TPSA) is 123 Å². The van der Waals surface area contributed by atoms with Crippen LogP contribution in [-0.2, 0) is 6.54 Å². The number of nitrogens with one attached hydrogen (secondary N) is 3. The zero-order chi connectivity index (χ0) is 24.4. The van der Waals surface area contributed by atoms with E-state index in [0.29, 0.717) is 30.3 Å². The van der Waals surface area contributed by atoms with Crippen molar-refractivity contribution in [1.82, 2.24) is 35.4 Å². The Morgan fingerprint density at radius 3 is 2.83 bits per heavy atom. The van der Waals surface area contributed by atoms with Gasteiger partial charge < -0.3 is 20.3 Å². The summed E-state index contributed by atoms with van der Waals surface area (Å²) in [5.74, 6) is 0.765. The second-order valence-electron chi connectivity index (χ2n) is 9.15. The molecule has 5 rings (SSSR count). The molecule has 0 aliphatic carbocycles. The number of pyridine rings is 1. The molecule has 35 heavy (non-hydrogen) atoms. The molecule has 4 N–H and O–H groups in total. The van der Waals surface area contributed by atoms with E-state index in [0.717, 1.165) is 48.0 Å². The van der Waals surface area contributed by atoms with Gasteiger partial charge in [0.1, 0.15) is 11.4 Å². The third-order valence-electron chi connectivity index (χ3n) is 6.95. The first-order valence-corrected chi connectivity index (χ1v) is 12.2. The average Bonchev–Trinajstić information content (AvgIpc) is 3.54. The summed E-state index contributed by atoms with van der Waals surface area (Å²) >= 11 is 0. The summed E-state index contributed by atoms with van der Waals surface area (Å²) in [7, 11) is 0. The first-order chi connectivity index (χ1) is 17.1. The van der Waals surface area contributed by atoms with Gasteiger partial charge in [0.25, 0.3) is 5.91 Å². The van der Waals surface area contributed by atoms with Crippen molar-refractivity contribution in [3.63, 3.8) is 0 Å². The number of amides is 1. The number of benzene rings is 1. The number of aliphatic hydroxyl groups excluding tert-OH is 1. The monoisotopic (exact) mass is 473 g/mol. The molecule has 3 aromatic heterocycles. The third kappa shape index (κ3) is 4.56. The number of aromatic amines is 2. The second kappa shape index (κ2) is 9.97. The van der Waals surface area contributed by atoms with Gasteiger partial charge in [-0.1, -0.05) is 13.0 Å². The minimum Gasteiger partial charge on any atom is -0.396 e. The molecular weight excluding hydrogens is 442 g/mol. The van der Waals surface area contributed by atoms with E-state index >= 15 is 0 Å². The molecule has 0 bridgehead atoms. The molecule has 0 unspecified atom stereocenters. The number of piperidine rings is 1. The largest absolute Gasteiger partial charge is 0.396 e. The normalized spacial score (nSPS) is 14.7. The number of carbonyl (C=O) groups is 1. The van der Waals surface area contributed by atoms with Crippen LogP contribution in [0.4, 0.5) is 0 Å². The number of fused-ring (bicyclic) bond motifs is 1. The van der Waals surface area contributed by atoms with E-state index in [2.05, 4.69) is 56.4 Å². The number of rotatable bonds is 7. The standard InChI is InChI=1S/C26H31N7O2/c1-3-27-11-19-12-28-13-21(16(19)2)18-4-5-22-20(10-18)24(32-31-22)25-29-14-23(30-25)26(35)33-8-6-17(15-34)7-9-33/h4-5,10,12-14,17,27,34H,3,6-9,11,15H2,1-2H3,(H,29,30)(H,31,32). The molecule has 0 atom stereocenters.